The smallest absolute Gasteiger partial charge is 0.251 e. The SMILES string of the molecule is C[C@@H]1C[C@@H](C)CN(CCCNC(=O)c2ccc3c(Cl)c4c(nc3c2)CCCC4)C1. The molecule has 1 aliphatic carbocycles. The van der Waals surface area contributed by atoms with Crippen molar-refractivity contribution >= 4 is 28.4 Å². The van der Waals surface area contributed by atoms with E-state index < -0.39 is 0 Å². The molecule has 1 saturated heterocycles. The van der Waals surface area contributed by atoms with Crippen molar-refractivity contribution in [2.45, 2.75) is 52.4 Å². The van der Waals surface area contributed by atoms with Crippen LogP contribution in [0.4, 0.5) is 0 Å². The molecule has 156 valence electrons. The summed E-state index contributed by atoms with van der Waals surface area (Å²) in [7, 11) is 0. The largest absolute Gasteiger partial charge is 0.352 e. The summed E-state index contributed by atoms with van der Waals surface area (Å²) >= 11 is 6.64. The highest BCUT2D eigenvalue weighted by atomic mass is 35.5. The van der Waals surface area contributed by atoms with Crippen LogP contribution in [0.15, 0.2) is 18.2 Å². The first-order chi connectivity index (χ1) is 14.0. The summed E-state index contributed by atoms with van der Waals surface area (Å²) in [6.07, 6.45) is 6.64. The van der Waals surface area contributed by atoms with Gasteiger partial charge in [0.1, 0.15) is 0 Å². The van der Waals surface area contributed by atoms with Crippen LogP contribution in [-0.4, -0.2) is 42.0 Å². The molecule has 2 heterocycles. The van der Waals surface area contributed by atoms with Gasteiger partial charge in [-0.05, 0) is 74.6 Å². The first-order valence-electron chi connectivity index (χ1n) is 11.1. The molecule has 1 aromatic carbocycles. The molecule has 4 nitrogen and oxygen atoms in total. The molecule has 4 rings (SSSR count). The second-order valence-electron chi connectivity index (χ2n) is 9.11. The molecule has 2 aromatic rings. The number of amides is 1. The van der Waals surface area contributed by atoms with Gasteiger partial charge in [-0.1, -0.05) is 31.5 Å². The fourth-order valence-electron chi connectivity index (χ4n) is 5.09. The van der Waals surface area contributed by atoms with Crippen LogP contribution in [-0.2, 0) is 12.8 Å². The maximum absolute atomic E-state index is 12.6. The van der Waals surface area contributed by atoms with Crippen LogP contribution in [0.25, 0.3) is 10.9 Å². The molecule has 29 heavy (non-hydrogen) atoms. The average molecular weight is 414 g/mol. The normalized spacial score (nSPS) is 22.4. The third-order valence-corrected chi connectivity index (χ3v) is 6.77. The molecular weight excluding hydrogens is 382 g/mol. The Morgan fingerprint density at radius 2 is 1.97 bits per heavy atom. The van der Waals surface area contributed by atoms with Gasteiger partial charge in [0.25, 0.3) is 5.91 Å². The number of rotatable bonds is 5. The highest BCUT2D eigenvalue weighted by molar-refractivity contribution is 6.36. The van der Waals surface area contributed by atoms with Crippen molar-refractivity contribution in [1.82, 2.24) is 15.2 Å². The number of hydrogen-bond acceptors (Lipinski definition) is 3. The lowest BCUT2D eigenvalue weighted by molar-refractivity contribution is 0.0947. The maximum Gasteiger partial charge on any atom is 0.251 e. The highest BCUT2D eigenvalue weighted by Gasteiger charge is 2.21. The minimum atomic E-state index is -0.0251. The van der Waals surface area contributed by atoms with Gasteiger partial charge in [-0.3, -0.25) is 9.78 Å². The number of aromatic nitrogens is 1. The van der Waals surface area contributed by atoms with Crippen LogP contribution in [0.3, 0.4) is 0 Å². The van der Waals surface area contributed by atoms with E-state index in [9.17, 15) is 4.79 Å². The molecule has 2 atom stereocenters. The van der Waals surface area contributed by atoms with Gasteiger partial charge < -0.3 is 10.2 Å². The minimum absolute atomic E-state index is 0.0251. The molecule has 5 heteroatoms. The molecule has 0 radical (unpaired) electrons. The van der Waals surface area contributed by atoms with Crippen LogP contribution in [0.5, 0.6) is 0 Å². The zero-order chi connectivity index (χ0) is 20.4. The van der Waals surface area contributed by atoms with Gasteiger partial charge in [0.2, 0.25) is 0 Å². The van der Waals surface area contributed by atoms with E-state index in [0.717, 1.165) is 65.7 Å². The van der Waals surface area contributed by atoms with Crippen LogP contribution in [0.2, 0.25) is 5.02 Å². The first kappa shape index (κ1) is 20.6. The van der Waals surface area contributed by atoms with Crippen LogP contribution < -0.4 is 5.32 Å². The van der Waals surface area contributed by atoms with Crippen molar-refractivity contribution in [1.29, 1.82) is 0 Å². The lowest BCUT2D eigenvalue weighted by Crippen LogP contribution is -2.40. The zero-order valence-corrected chi connectivity index (χ0v) is 18.4. The molecular formula is C24H32ClN3O. The van der Waals surface area contributed by atoms with E-state index >= 15 is 0 Å². The van der Waals surface area contributed by atoms with Crippen molar-refractivity contribution in [2.75, 3.05) is 26.2 Å². The van der Waals surface area contributed by atoms with E-state index in [1.807, 2.05) is 18.2 Å². The van der Waals surface area contributed by atoms with Gasteiger partial charge >= 0.3 is 0 Å². The molecule has 1 N–H and O–H groups in total. The fraction of sp³-hybridized carbons (Fsp3) is 0.583. The molecule has 0 spiro atoms. The number of carbonyl (C=O) groups is 1. The Hall–Kier alpha value is -1.65. The lowest BCUT2D eigenvalue weighted by atomic mass is 9.92. The van der Waals surface area contributed by atoms with Crippen molar-refractivity contribution < 1.29 is 4.79 Å². The Morgan fingerprint density at radius 3 is 2.76 bits per heavy atom. The van der Waals surface area contributed by atoms with Crippen LogP contribution in [0.1, 0.15) is 61.1 Å². The molecule has 0 unspecified atom stereocenters. The summed E-state index contributed by atoms with van der Waals surface area (Å²) in [5.41, 5.74) is 3.80. The minimum Gasteiger partial charge on any atom is -0.352 e. The van der Waals surface area contributed by atoms with Crippen LogP contribution >= 0.6 is 11.6 Å². The number of halogens is 1. The van der Waals surface area contributed by atoms with Crippen molar-refractivity contribution in [3.63, 3.8) is 0 Å². The summed E-state index contributed by atoms with van der Waals surface area (Å²) in [4.78, 5) is 20.0. The number of fused-ring (bicyclic) bond motifs is 2. The summed E-state index contributed by atoms with van der Waals surface area (Å²) in [6.45, 7) is 8.78. The predicted octanol–water partition coefficient (Wildman–Crippen LogP) is 4.86. The Bertz CT molecular complexity index is 887. The van der Waals surface area contributed by atoms with Gasteiger partial charge in [-0.2, -0.15) is 0 Å². The Kier molecular flexibility index (Phi) is 6.41. The second kappa shape index (κ2) is 9.01. The zero-order valence-electron chi connectivity index (χ0n) is 17.6. The van der Waals surface area contributed by atoms with Gasteiger partial charge in [-0.15, -0.1) is 0 Å². The molecule has 1 aliphatic heterocycles. The Labute approximate surface area is 179 Å². The summed E-state index contributed by atoms with van der Waals surface area (Å²) < 4.78 is 0. The Morgan fingerprint density at radius 1 is 1.21 bits per heavy atom. The van der Waals surface area contributed by atoms with E-state index in [1.54, 1.807) is 0 Å². The summed E-state index contributed by atoms with van der Waals surface area (Å²) in [5.74, 6) is 1.52. The fourth-order valence-corrected chi connectivity index (χ4v) is 5.45. The number of hydrogen-bond donors (Lipinski definition) is 1. The number of benzene rings is 1. The van der Waals surface area contributed by atoms with E-state index in [4.69, 9.17) is 16.6 Å². The predicted molar refractivity (Wildman–Crippen MR) is 120 cm³/mol. The molecule has 1 aromatic heterocycles. The maximum atomic E-state index is 12.6. The Balaban J connectivity index is 1.36. The van der Waals surface area contributed by atoms with Crippen LogP contribution in [0, 0.1) is 11.8 Å². The number of carbonyl (C=O) groups excluding carboxylic acids is 1. The van der Waals surface area contributed by atoms with Gasteiger partial charge in [-0.25, -0.2) is 0 Å². The van der Waals surface area contributed by atoms with E-state index in [1.165, 1.54) is 31.5 Å². The third-order valence-electron chi connectivity index (χ3n) is 6.34. The summed E-state index contributed by atoms with van der Waals surface area (Å²) in [6, 6.07) is 5.71. The van der Waals surface area contributed by atoms with Gasteiger partial charge in [0, 0.05) is 36.3 Å². The average Bonchev–Trinajstić information content (AvgIpc) is 2.70. The number of piperidine rings is 1. The first-order valence-corrected chi connectivity index (χ1v) is 11.5. The molecule has 0 bridgehead atoms. The highest BCUT2D eigenvalue weighted by Crippen LogP contribution is 2.33. The topological polar surface area (TPSA) is 45.2 Å². The summed E-state index contributed by atoms with van der Waals surface area (Å²) in [5, 5.41) is 4.85. The van der Waals surface area contributed by atoms with Gasteiger partial charge in [0.15, 0.2) is 0 Å². The number of nitrogens with one attached hydrogen (secondary N) is 1. The number of nitrogens with zero attached hydrogens (tertiary/aromatic N) is 2. The molecule has 1 amide bonds. The molecule has 0 saturated carbocycles. The van der Waals surface area contributed by atoms with Crippen molar-refractivity contribution in [2.24, 2.45) is 11.8 Å². The number of likely N-dealkylation sites (tertiary alicyclic amines) is 1. The number of aryl methyl sites for hydroxylation is 1. The van der Waals surface area contributed by atoms with Crippen molar-refractivity contribution in [3.8, 4) is 0 Å². The third kappa shape index (κ3) is 4.75. The molecule has 1 fully saturated rings. The van der Waals surface area contributed by atoms with Crippen molar-refractivity contribution in [3.05, 3.63) is 40.0 Å². The van der Waals surface area contributed by atoms with E-state index in [2.05, 4.69) is 24.1 Å². The second-order valence-corrected chi connectivity index (χ2v) is 9.48. The lowest BCUT2D eigenvalue weighted by Gasteiger charge is -2.34. The monoisotopic (exact) mass is 413 g/mol. The quantitative estimate of drug-likeness (QED) is 0.711. The van der Waals surface area contributed by atoms with E-state index in [0.29, 0.717) is 12.1 Å². The van der Waals surface area contributed by atoms with Gasteiger partial charge in [0.05, 0.1) is 10.5 Å². The standard InChI is InChI=1S/C24H32ClN3O/c1-16-12-17(2)15-28(14-16)11-5-10-26-24(29)18-8-9-20-22(13-18)27-21-7-4-3-6-19(21)23(20)25/h8-9,13,16-17H,3-7,10-12,14-15H2,1-2H3,(H,26,29)/t16-,17-/m1/s1. The molecule has 2 aliphatic rings. The van der Waals surface area contributed by atoms with E-state index in [-0.39, 0.29) is 5.91 Å². The number of pyridine rings is 1.